The van der Waals surface area contributed by atoms with Crippen LogP contribution in [0, 0.1) is 6.92 Å². The molecule has 0 aliphatic carbocycles. The number of hydrogen-bond donors (Lipinski definition) is 0. The van der Waals surface area contributed by atoms with Crippen LogP contribution < -0.4 is 0 Å². The third-order valence-electron chi connectivity index (χ3n) is 5.86. The van der Waals surface area contributed by atoms with E-state index in [1.54, 1.807) is 0 Å². The van der Waals surface area contributed by atoms with Gasteiger partial charge in [0.05, 0.1) is 11.7 Å². The van der Waals surface area contributed by atoms with E-state index in [1.807, 2.05) is 65.1 Å². The van der Waals surface area contributed by atoms with Gasteiger partial charge in [-0.3, -0.25) is 4.90 Å². The number of ether oxygens (including phenoxy) is 1. The number of carbonyl (C=O) groups excluding carboxylic acids is 1. The van der Waals surface area contributed by atoms with Crippen molar-refractivity contribution in [2.24, 2.45) is 0 Å². The average molecular weight is 388 g/mol. The van der Waals surface area contributed by atoms with Gasteiger partial charge in [-0.2, -0.15) is 5.10 Å². The average Bonchev–Trinajstić information content (AvgIpc) is 3.11. The van der Waals surface area contributed by atoms with Gasteiger partial charge in [0.2, 0.25) is 0 Å². The van der Waals surface area contributed by atoms with E-state index >= 15 is 0 Å². The SMILES string of the molecule is Cc1cc2ncc(C3=CC4CCCC(C3)N4C(=O)OCc3ccccc3)cn2n1. The molecule has 1 saturated heterocycles. The summed E-state index contributed by atoms with van der Waals surface area (Å²) in [6.45, 7) is 2.28. The van der Waals surface area contributed by atoms with E-state index in [0.717, 1.165) is 48.2 Å². The fourth-order valence-electron chi connectivity index (χ4n) is 4.48. The lowest BCUT2D eigenvalue weighted by Gasteiger charge is -2.44. The van der Waals surface area contributed by atoms with E-state index in [4.69, 9.17) is 4.74 Å². The van der Waals surface area contributed by atoms with E-state index in [1.165, 1.54) is 5.57 Å². The number of nitrogens with zero attached hydrogens (tertiary/aromatic N) is 4. The van der Waals surface area contributed by atoms with Crippen molar-refractivity contribution in [2.45, 2.75) is 51.3 Å². The number of hydrogen-bond acceptors (Lipinski definition) is 4. The molecule has 1 amide bonds. The quantitative estimate of drug-likeness (QED) is 0.668. The smallest absolute Gasteiger partial charge is 0.410 e. The van der Waals surface area contributed by atoms with Gasteiger partial charge in [-0.05, 0) is 43.7 Å². The van der Waals surface area contributed by atoms with E-state index in [-0.39, 0.29) is 18.2 Å². The van der Waals surface area contributed by atoms with E-state index in [0.29, 0.717) is 6.61 Å². The van der Waals surface area contributed by atoms with Crippen LogP contribution in [0.5, 0.6) is 0 Å². The van der Waals surface area contributed by atoms with Gasteiger partial charge in [0.25, 0.3) is 0 Å². The van der Waals surface area contributed by atoms with Gasteiger partial charge in [0, 0.05) is 30.1 Å². The van der Waals surface area contributed by atoms with Crippen molar-refractivity contribution in [1.29, 1.82) is 0 Å². The van der Waals surface area contributed by atoms with Crippen LogP contribution in [-0.2, 0) is 11.3 Å². The number of carbonyl (C=O) groups is 1. The molecule has 0 saturated carbocycles. The Bertz CT molecular complexity index is 1070. The predicted molar refractivity (Wildman–Crippen MR) is 110 cm³/mol. The second-order valence-electron chi connectivity index (χ2n) is 7.93. The van der Waals surface area contributed by atoms with Crippen molar-refractivity contribution in [2.75, 3.05) is 0 Å². The van der Waals surface area contributed by atoms with Gasteiger partial charge in [-0.25, -0.2) is 14.3 Å². The Balaban J connectivity index is 1.36. The zero-order valence-electron chi connectivity index (χ0n) is 16.5. The largest absolute Gasteiger partial charge is 0.445 e. The molecule has 2 aromatic heterocycles. The van der Waals surface area contributed by atoms with Gasteiger partial charge in [-0.15, -0.1) is 0 Å². The fraction of sp³-hybridized carbons (Fsp3) is 0.348. The van der Waals surface area contributed by atoms with Crippen molar-refractivity contribution in [1.82, 2.24) is 19.5 Å². The monoisotopic (exact) mass is 388 g/mol. The zero-order valence-corrected chi connectivity index (χ0v) is 16.5. The Labute approximate surface area is 169 Å². The third-order valence-corrected chi connectivity index (χ3v) is 5.86. The topological polar surface area (TPSA) is 59.7 Å². The first-order valence-electron chi connectivity index (χ1n) is 10.2. The summed E-state index contributed by atoms with van der Waals surface area (Å²) in [6.07, 6.45) is 9.90. The Morgan fingerprint density at radius 1 is 1.24 bits per heavy atom. The first kappa shape index (κ1) is 17.9. The highest BCUT2D eigenvalue weighted by atomic mass is 16.6. The molecule has 0 spiro atoms. The van der Waals surface area contributed by atoms with Crippen LogP contribution in [0.2, 0.25) is 0 Å². The maximum atomic E-state index is 12.9. The van der Waals surface area contributed by atoms with Crippen LogP contribution in [0.4, 0.5) is 4.79 Å². The fourth-order valence-corrected chi connectivity index (χ4v) is 4.48. The van der Waals surface area contributed by atoms with Gasteiger partial charge in [0.15, 0.2) is 5.65 Å². The molecule has 1 fully saturated rings. The summed E-state index contributed by atoms with van der Waals surface area (Å²) in [7, 11) is 0. The lowest BCUT2D eigenvalue weighted by Crippen LogP contribution is -2.51. The summed E-state index contributed by atoms with van der Waals surface area (Å²) in [4.78, 5) is 19.3. The number of fused-ring (bicyclic) bond motifs is 3. The summed E-state index contributed by atoms with van der Waals surface area (Å²) in [6, 6.07) is 12.1. The van der Waals surface area contributed by atoms with Gasteiger partial charge in [-0.1, -0.05) is 36.4 Å². The van der Waals surface area contributed by atoms with Crippen LogP contribution in [0.15, 0.2) is 54.9 Å². The van der Waals surface area contributed by atoms with Crippen molar-refractivity contribution < 1.29 is 9.53 Å². The zero-order chi connectivity index (χ0) is 19.8. The molecule has 2 aliphatic rings. The molecule has 0 N–H and O–H groups in total. The lowest BCUT2D eigenvalue weighted by molar-refractivity contribution is 0.0510. The molecule has 29 heavy (non-hydrogen) atoms. The summed E-state index contributed by atoms with van der Waals surface area (Å²) < 4.78 is 7.47. The van der Waals surface area contributed by atoms with Crippen LogP contribution in [-0.4, -0.2) is 37.7 Å². The molecule has 3 aromatic rings. The standard InChI is InChI=1S/C23H24N4O2/c1-16-10-22-24-13-19(14-26(22)25-16)18-11-20-8-5-9-21(12-18)27(20)23(28)29-15-17-6-3-2-4-7-17/h2-4,6-7,10-11,13-14,20-21H,5,8-9,12,15H2,1H3. The van der Waals surface area contributed by atoms with Crippen molar-refractivity contribution >= 4 is 17.3 Å². The van der Waals surface area contributed by atoms with Gasteiger partial charge in [0.1, 0.15) is 6.61 Å². The molecule has 148 valence electrons. The highest BCUT2D eigenvalue weighted by Crippen LogP contribution is 2.37. The number of amides is 1. The Morgan fingerprint density at radius 3 is 2.93 bits per heavy atom. The molecule has 0 radical (unpaired) electrons. The highest BCUT2D eigenvalue weighted by molar-refractivity contribution is 5.74. The Hall–Kier alpha value is -3.15. The van der Waals surface area contributed by atoms with Crippen LogP contribution >= 0.6 is 0 Å². The lowest BCUT2D eigenvalue weighted by atomic mass is 9.83. The van der Waals surface area contributed by atoms with Crippen molar-refractivity contribution in [3.8, 4) is 0 Å². The van der Waals surface area contributed by atoms with Gasteiger partial charge < -0.3 is 4.74 Å². The second kappa shape index (κ2) is 7.35. The Kier molecular flexibility index (Phi) is 4.54. The number of benzene rings is 1. The molecule has 6 nitrogen and oxygen atoms in total. The minimum atomic E-state index is -0.213. The van der Waals surface area contributed by atoms with Crippen LogP contribution in [0.1, 0.15) is 42.5 Å². The first-order chi connectivity index (χ1) is 14.2. The molecular formula is C23H24N4O2. The third kappa shape index (κ3) is 3.50. The summed E-state index contributed by atoms with van der Waals surface area (Å²) >= 11 is 0. The molecule has 5 rings (SSSR count). The molecular weight excluding hydrogens is 364 g/mol. The maximum absolute atomic E-state index is 12.9. The predicted octanol–water partition coefficient (Wildman–Crippen LogP) is 4.38. The number of aryl methyl sites for hydroxylation is 1. The normalized spacial score (nSPS) is 21.1. The number of rotatable bonds is 3. The number of piperidine rings is 1. The van der Waals surface area contributed by atoms with Crippen LogP contribution in [0.3, 0.4) is 0 Å². The van der Waals surface area contributed by atoms with Crippen molar-refractivity contribution in [3.05, 3.63) is 71.7 Å². The molecule has 2 atom stereocenters. The maximum Gasteiger partial charge on any atom is 0.410 e. The second-order valence-corrected chi connectivity index (χ2v) is 7.93. The molecule has 2 bridgehead atoms. The number of aromatic nitrogens is 3. The molecule has 1 aromatic carbocycles. The van der Waals surface area contributed by atoms with E-state index < -0.39 is 0 Å². The summed E-state index contributed by atoms with van der Waals surface area (Å²) in [5.74, 6) is 0. The minimum absolute atomic E-state index is 0.0795. The highest BCUT2D eigenvalue weighted by Gasteiger charge is 2.38. The molecule has 2 unspecified atom stereocenters. The van der Waals surface area contributed by atoms with E-state index in [2.05, 4.69) is 16.2 Å². The summed E-state index contributed by atoms with van der Waals surface area (Å²) in [5, 5.41) is 4.48. The first-order valence-corrected chi connectivity index (χ1v) is 10.2. The van der Waals surface area contributed by atoms with Crippen LogP contribution in [0.25, 0.3) is 11.2 Å². The molecule has 6 heteroatoms. The molecule has 2 aliphatic heterocycles. The van der Waals surface area contributed by atoms with Crippen molar-refractivity contribution in [3.63, 3.8) is 0 Å². The minimum Gasteiger partial charge on any atom is -0.445 e. The van der Waals surface area contributed by atoms with E-state index in [9.17, 15) is 4.79 Å². The summed E-state index contributed by atoms with van der Waals surface area (Å²) in [5.41, 5.74) is 5.14. The Morgan fingerprint density at radius 2 is 2.10 bits per heavy atom. The molecule has 4 heterocycles. The van der Waals surface area contributed by atoms with Gasteiger partial charge >= 0.3 is 6.09 Å².